The van der Waals surface area contributed by atoms with Gasteiger partial charge < -0.3 is 14.5 Å². The standard InChI is InChI=1S/C21H26N4O3/c1-2-28-21(27)17-25(18-8-4-3-5-9-18)20(26)16-23-12-14-24(15-13-23)19-10-6-7-11-22-19/h3-11H,2,12-17H2,1H3. The highest BCUT2D eigenvalue weighted by Crippen LogP contribution is 2.16. The molecule has 0 radical (unpaired) electrons. The minimum atomic E-state index is -0.403. The van der Waals surface area contributed by atoms with E-state index in [1.807, 2.05) is 48.5 Å². The first-order valence-electron chi connectivity index (χ1n) is 9.56. The zero-order valence-corrected chi connectivity index (χ0v) is 16.2. The summed E-state index contributed by atoms with van der Waals surface area (Å²) in [5, 5.41) is 0. The molecule has 0 unspecified atom stereocenters. The predicted octanol–water partition coefficient (Wildman–Crippen LogP) is 1.80. The number of rotatable bonds is 7. The van der Waals surface area contributed by atoms with Gasteiger partial charge in [-0.1, -0.05) is 24.3 Å². The Kier molecular flexibility index (Phi) is 6.97. The van der Waals surface area contributed by atoms with E-state index in [0.29, 0.717) is 12.3 Å². The molecule has 2 heterocycles. The van der Waals surface area contributed by atoms with Gasteiger partial charge in [-0.05, 0) is 31.2 Å². The molecule has 1 aliphatic rings. The molecule has 0 aliphatic carbocycles. The van der Waals surface area contributed by atoms with Gasteiger partial charge >= 0.3 is 5.97 Å². The van der Waals surface area contributed by atoms with Crippen molar-refractivity contribution in [3.05, 3.63) is 54.7 Å². The lowest BCUT2D eigenvalue weighted by Gasteiger charge is -2.35. The smallest absolute Gasteiger partial charge is 0.326 e. The molecule has 1 fully saturated rings. The SMILES string of the molecule is CCOC(=O)CN(C(=O)CN1CCN(c2ccccn2)CC1)c1ccccc1. The third-order valence-corrected chi connectivity index (χ3v) is 4.67. The fraction of sp³-hybridized carbons (Fsp3) is 0.381. The molecular weight excluding hydrogens is 356 g/mol. The quantitative estimate of drug-likeness (QED) is 0.681. The Morgan fingerprint density at radius 1 is 1.04 bits per heavy atom. The van der Waals surface area contributed by atoms with Crippen molar-refractivity contribution in [2.45, 2.75) is 6.92 Å². The molecule has 3 rings (SSSR count). The maximum Gasteiger partial charge on any atom is 0.326 e. The lowest BCUT2D eigenvalue weighted by Crippen LogP contribution is -2.51. The number of hydrogen-bond donors (Lipinski definition) is 0. The van der Waals surface area contributed by atoms with E-state index in [-0.39, 0.29) is 19.0 Å². The molecule has 1 aliphatic heterocycles. The Balaban J connectivity index is 1.60. The van der Waals surface area contributed by atoms with E-state index in [1.54, 1.807) is 13.1 Å². The Labute approximate surface area is 165 Å². The zero-order valence-electron chi connectivity index (χ0n) is 16.2. The topological polar surface area (TPSA) is 66.0 Å². The van der Waals surface area contributed by atoms with E-state index in [0.717, 1.165) is 32.0 Å². The number of pyridine rings is 1. The second-order valence-electron chi connectivity index (χ2n) is 6.57. The molecule has 0 bridgehead atoms. The van der Waals surface area contributed by atoms with Gasteiger partial charge in [0.05, 0.1) is 13.2 Å². The van der Waals surface area contributed by atoms with Crippen molar-refractivity contribution in [2.75, 3.05) is 55.7 Å². The van der Waals surface area contributed by atoms with E-state index < -0.39 is 5.97 Å². The maximum atomic E-state index is 13.0. The number of carbonyl (C=O) groups excluding carboxylic acids is 2. The number of hydrogen-bond acceptors (Lipinski definition) is 6. The average Bonchev–Trinajstić information content (AvgIpc) is 2.74. The summed E-state index contributed by atoms with van der Waals surface area (Å²) in [5.74, 6) is 0.451. The van der Waals surface area contributed by atoms with Gasteiger partial charge in [-0.3, -0.25) is 14.5 Å². The monoisotopic (exact) mass is 382 g/mol. The van der Waals surface area contributed by atoms with Crippen LogP contribution in [0.5, 0.6) is 0 Å². The number of piperazine rings is 1. The number of esters is 1. The average molecular weight is 382 g/mol. The summed E-state index contributed by atoms with van der Waals surface area (Å²) in [7, 11) is 0. The molecule has 0 N–H and O–H groups in total. The van der Waals surface area contributed by atoms with Crippen molar-refractivity contribution < 1.29 is 14.3 Å². The van der Waals surface area contributed by atoms with Crippen LogP contribution in [-0.4, -0.2) is 67.6 Å². The van der Waals surface area contributed by atoms with Gasteiger partial charge in [0.25, 0.3) is 0 Å². The first-order valence-corrected chi connectivity index (χ1v) is 9.56. The molecule has 2 aromatic rings. The van der Waals surface area contributed by atoms with Crippen LogP contribution in [-0.2, 0) is 14.3 Å². The number of aromatic nitrogens is 1. The molecule has 1 aromatic carbocycles. The number of ether oxygens (including phenoxy) is 1. The van der Waals surface area contributed by atoms with Crippen molar-refractivity contribution in [2.24, 2.45) is 0 Å². The van der Waals surface area contributed by atoms with Crippen LogP contribution in [0.2, 0.25) is 0 Å². The first-order chi connectivity index (χ1) is 13.7. The Morgan fingerprint density at radius 3 is 2.39 bits per heavy atom. The Morgan fingerprint density at radius 2 is 1.75 bits per heavy atom. The second-order valence-corrected chi connectivity index (χ2v) is 6.57. The zero-order chi connectivity index (χ0) is 19.8. The second kappa shape index (κ2) is 9.85. The molecule has 28 heavy (non-hydrogen) atoms. The first kappa shape index (κ1) is 19.8. The van der Waals surface area contributed by atoms with Gasteiger partial charge in [-0.25, -0.2) is 4.98 Å². The minimum Gasteiger partial charge on any atom is -0.465 e. The van der Waals surface area contributed by atoms with E-state index in [2.05, 4.69) is 14.8 Å². The number of anilines is 2. The van der Waals surface area contributed by atoms with Crippen molar-refractivity contribution in [3.8, 4) is 0 Å². The third kappa shape index (κ3) is 5.29. The molecule has 0 atom stereocenters. The lowest BCUT2D eigenvalue weighted by atomic mass is 10.2. The van der Waals surface area contributed by atoms with Crippen LogP contribution >= 0.6 is 0 Å². The van der Waals surface area contributed by atoms with Gasteiger partial charge in [-0.2, -0.15) is 0 Å². The highest BCUT2D eigenvalue weighted by atomic mass is 16.5. The Bertz CT molecular complexity index is 762. The van der Waals surface area contributed by atoms with Crippen LogP contribution < -0.4 is 9.80 Å². The molecule has 7 nitrogen and oxygen atoms in total. The van der Waals surface area contributed by atoms with Gasteiger partial charge in [0.15, 0.2) is 0 Å². The van der Waals surface area contributed by atoms with E-state index >= 15 is 0 Å². The molecule has 148 valence electrons. The number of para-hydroxylation sites is 1. The predicted molar refractivity (Wildman–Crippen MR) is 108 cm³/mol. The summed E-state index contributed by atoms with van der Waals surface area (Å²) >= 11 is 0. The fourth-order valence-corrected chi connectivity index (χ4v) is 3.22. The van der Waals surface area contributed by atoms with Crippen LogP contribution in [0, 0.1) is 0 Å². The highest BCUT2D eigenvalue weighted by molar-refractivity contribution is 5.98. The fourth-order valence-electron chi connectivity index (χ4n) is 3.22. The number of amides is 1. The largest absolute Gasteiger partial charge is 0.465 e. The molecule has 0 saturated carbocycles. The molecule has 1 saturated heterocycles. The minimum absolute atomic E-state index is 0.0788. The van der Waals surface area contributed by atoms with Crippen LogP contribution in [0.25, 0.3) is 0 Å². The molecule has 1 aromatic heterocycles. The Hall–Kier alpha value is -2.93. The van der Waals surface area contributed by atoms with Crippen LogP contribution in [0.4, 0.5) is 11.5 Å². The maximum absolute atomic E-state index is 13.0. The van der Waals surface area contributed by atoms with Crippen molar-refractivity contribution in [1.29, 1.82) is 0 Å². The summed E-state index contributed by atoms with van der Waals surface area (Å²) in [5.41, 5.74) is 0.702. The van der Waals surface area contributed by atoms with Gasteiger partial charge in [0.1, 0.15) is 12.4 Å². The van der Waals surface area contributed by atoms with Gasteiger partial charge in [0, 0.05) is 38.1 Å². The highest BCUT2D eigenvalue weighted by Gasteiger charge is 2.24. The van der Waals surface area contributed by atoms with Crippen LogP contribution in [0.1, 0.15) is 6.92 Å². The number of benzene rings is 1. The summed E-state index contributed by atoms with van der Waals surface area (Å²) < 4.78 is 5.04. The number of carbonyl (C=O) groups is 2. The summed E-state index contributed by atoms with van der Waals surface area (Å²) in [6.07, 6.45) is 1.79. The van der Waals surface area contributed by atoms with Crippen molar-refractivity contribution in [1.82, 2.24) is 9.88 Å². The van der Waals surface area contributed by atoms with Gasteiger partial charge in [-0.15, -0.1) is 0 Å². The van der Waals surface area contributed by atoms with E-state index in [9.17, 15) is 9.59 Å². The third-order valence-electron chi connectivity index (χ3n) is 4.67. The summed E-state index contributed by atoms with van der Waals surface area (Å²) in [6, 6.07) is 15.1. The number of nitrogens with zero attached hydrogens (tertiary/aromatic N) is 4. The van der Waals surface area contributed by atoms with E-state index in [4.69, 9.17) is 4.74 Å². The van der Waals surface area contributed by atoms with E-state index in [1.165, 1.54) is 4.90 Å². The molecule has 0 spiro atoms. The molecular formula is C21H26N4O3. The van der Waals surface area contributed by atoms with Crippen molar-refractivity contribution >= 4 is 23.4 Å². The molecule has 1 amide bonds. The van der Waals surface area contributed by atoms with Crippen molar-refractivity contribution in [3.63, 3.8) is 0 Å². The molecule has 7 heteroatoms. The normalized spacial score (nSPS) is 14.5. The van der Waals surface area contributed by atoms with Crippen LogP contribution in [0.15, 0.2) is 54.7 Å². The summed E-state index contributed by atoms with van der Waals surface area (Å²) in [6.45, 7) is 5.41. The lowest BCUT2D eigenvalue weighted by molar-refractivity contribution is -0.142. The van der Waals surface area contributed by atoms with Gasteiger partial charge in [0.2, 0.25) is 5.91 Å². The van der Waals surface area contributed by atoms with Crippen LogP contribution in [0.3, 0.4) is 0 Å². The summed E-state index contributed by atoms with van der Waals surface area (Å²) in [4.78, 5) is 35.2.